The number of nitrogens with one attached hydrogen (secondary N) is 1. The van der Waals surface area contributed by atoms with Gasteiger partial charge in [0.2, 0.25) is 11.8 Å². The first-order valence-corrected chi connectivity index (χ1v) is 13.9. The minimum atomic E-state index is -4.13. The zero-order chi connectivity index (χ0) is 27.0. The quantitative estimate of drug-likeness (QED) is 0.378. The molecule has 0 aliphatic carbocycles. The highest BCUT2D eigenvalue weighted by molar-refractivity contribution is 7.92. The minimum absolute atomic E-state index is 0.0468. The van der Waals surface area contributed by atoms with Gasteiger partial charge in [-0.2, -0.15) is 0 Å². The van der Waals surface area contributed by atoms with Gasteiger partial charge in [-0.25, -0.2) is 8.42 Å². The summed E-state index contributed by atoms with van der Waals surface area (Å²) in [4.78, 5) is 28.1. The van der Waals surface area contributed by atoms with E-state index in [1.165, 1.54) is 17.0 Å². The lowest BCUT2D eigenvalue weighted by atomic mass is 10.1. The number of rotatable bonds is 11. The number of benzene rings is 3. The normalized spacial score (nSPS) is 12.0. The molecule has 0 fully saturated rings. The van der Waals surface area contributed by atoms with Gasteiger partial charge in [0.05, 0.1) is 10.6 Å². The fourth-order valence-corrected chi connectivity index (χ4v) is 5.52. The van der Waals surface area contributed by atoms with Crippen LogP contribution in [0.4, 0.5) is 5.69 Å². The van der Waals surface area contributed by atoms with Crippen LogP contribution in [0.1, 0.15) is 31.4 Å². The van der Waals surface area contributed by atoms with Crippen molar-refractivity contribution in [3.63, 3.8) is 0 Å². The topological polar surface area (TPSA) is 86.8 Å². The van der Waals surface area contributed by atoms with Crippen molar-refractivity contribution >= 4 is 39.1 Å². The SMILES string of the molecule is CCCNC(=O)[C@@H](C)N(Cc1ccccc1)C(=O)CN(c1cccc(Cl)c1C)S(=O)(=O)c1ccccc1. The third-order valence-corrected chi connectivity index (χ3v) is 8.21. The molecule has 0 spiro atoms. The summed E-state index contributed by atoms with van der Waals surface area (Å²) in [6.07, 6.45) is 0.752. The van der Waals surface area contributed by atoms with Gasteiger partial charge in [0, 0.05) is 18.1 Å². The average Bonchev–Trinajstić information content (AvgIpc) is 2.91. The lowest BCUT2D eigenvalue weighted by Crippen LogP contribution is -2.51. The van der Waals surface area contributed by atoms with Gasteiger partial charge < -0.3 is 10.2 Å². The van der Waals surface area contributed by atoms with E-state index in [1.807, 2.05) is 37.3 Å². The smallest absolute Gasteiger partial charge is 0.264 e. The molecule has 3 aromatic rings. The monoisotopic (exact) mass is 541 g/mol. The Morgan fingerprint density at radius 2 is 1.57 bits per heavy atom. The van der Waals surface area contributed by atoms with Gasteiger partial charge >= 0.3 is 0 Å². The number of carbonyl (C=O) groups excluding carboxylic acids is 2. The Labute approximate surface area is 224 Å². The third-order valence-electron chi connectivity index (χ3n) is 6.03. The maximum atomic E-state index is 13.8. The minimum Gasteiger partial charge on any atom is -0.354 e. The van der Waals surface area contributed by atoms with Crippen LogP contribution in [0.25, 0.3) is 0 Å². The first-order chi connectivity index (χ1) is 17.7. The molecule has 0 aliphatic rings. The Hall–Kier alpha value is -3.36. The molecule has 1 N–H and O–H groups in total. The van der Waals surface area contributed by atoms with Gasteiger partial charge in [-0.3, -0.25) is 13.9 Å². The van der Waals surface area contributed by atoms with Gasteiger partial charge in [-0.15, -0.1) is 0 Å². The van der Waals surface area contributed by atoms with Crippen LogP contribution in [0.15, 0.2) is 83.8 Å². The molecule has 7 nitrogen and oxygen atoms in total. The molecule has 0 aliphatic heterocycles. The molecule has 196 valence electrons. The maximum Gasteiger partial charge on any atom is 0.264 e. The van der Waals surface area contributed by atoms with Crippen LogP contribution in [0.5, 0.6) is 0 Å². The summed E-state index contributed by atoms with van der Waals surface area (Å²) in [5, 5.41) is 3.21. The van der Waals surface area contributed by atoms with Crippen molar-refractivity contribution in [2.45, 2.75) is 44.7 Å². The Morgan fingerprint density at radius 3 is 2.19 bits per heavy atom. The Kier molecular flexibility index (Phi) is 9.72. The maximum absolute atomic E-state index is 13.8. The van der Waals surface area contributed by atoms with Gasteiger partial charge in [0.15, 0.2) is 0 Å². The molecule has 37 heavy (non-hydrogen) atoms. The van der Waals surface area contributed by atoms with Gasteiger partial charge in [0.25, 0.3) is 10.0 Å². The average molecular weight is 542 g/mol. The van der Waals surface area contributed by atoms with E-state index in [9.17, 15) is 18.0 Å². The van der Waals surface area contributed by atoms with E-state index in [0.717, 1.165) is 16.3 Å². The molecule has 3 rings (SSSR count). The largest absolute Gasteiger partial charge is 0.354 e. The van der Waals surface area contributed by atoms with E-state index >= 15 is 0 Å². The Bertz CT molecular complexity index is 1320. The van der Waals surface area contributed by atoms with Gasteiger partial charge in [-0.05, 0) is 55.7 Å². The first kappa shape index (κ1) is 28.2. The Balaban J connectivity index is 2.04. The standard InChI is InChI=1S/C28H32ClN3O4S/c1-4-18-30-28(34)22(3)31(19-23-12-7-5-8-13-23)27(33)20-32(26-17-11-16-25(29)21(26)2)37(35,36)24-14-9-6-10-15-24/h5-17,22H,4,18-20H2,1-3H3,(H,30,34)/t22-/m1/s1. The predicted octanol–water partition coefficient (Wildman–Crippen LogP) is 4.79. The summed E-state index contributed by atoms with van der Waals surface area (Å²) in [5.74, 6) is -0.815. The summed E-state index contributed by atoms with van der Waals surface area (Å²) in [6, 6.07) is 21.3. The van der Waals surface area contributed by atoms with Gasteiger partial charge in [0.1, 0.15) is 12.6 Å². The van der Waals surface area contributed by atoms with Crippen molar-refractivity contribution in [3.05, 3.63) is 95.0 Å². The van der Waals surface area contributed by atoms with Crippen LogP contribution < -0.4 is 9.62 Å². The molecule has 0 aromatic heterocycles. The van der Waals surface area contributed by atoms with E-state index in [2.05, 4.69) is 5.32 Å². The summed E-state index contributed by atoms with van der Waals surface area (Å²) < 4.78 is 28.7. The lowest BCUT2D eigenvalue weighted by Gasteiger charge is -2.32. The van der Waals surface area contributed by atoms with E-state index < -0.39 is 28.5 Å². The van der Waals surface area contributed by atoms with Crippen LogP contribution in [0.3, 0.4) is 0 Å². The molecule has 0 radical (unpaired) electrons. The molecule has 3 aromatic carbocycles. The second kappa shape index (κ2) is 12.7. The van der Waals surface area contributed by atoms with Crippen LogP contribution in [-0.4, -0.2) is 44.3 Å². The molecule has 1 atom stereocenters. The number of amides is 2. The van der Waals surface area contributed by atoms with Crippen molar-refractivity contribution < 1.29 is 18.0 Å². The number of nitrogens with zero attached hydrogens (tertiary/aromatic N) is 2. The molecular formula is C28H32ClN3O4S. The molecule has 0 saturated heterocycles. The molecule has 9 heteroatoms. The van der Waals surface area contributed by atoms with Crippen molar-refractivity contribution in [2.24, 2.45) is 0 Å². The van der Waals surface area contributed by atoms with Crippen LogP contribution in [0, 0.1) is 6.92 Å². The van der Waals surface area contributed by atoms with E-state index in [4.69, 9.17) is 11.6 Å². The first-order valence-electron chi connectivity index (χ1n) is 12.1. The summed E-state index contributed by atoms with van der Waals surface area (Å²) in [6.45, 7) is 5.42. The third kappa shape index (κ3) is 6.90. The fourth-order valence-electron chi connectivity index (χ4n) is 3.86. The van der Waals surface area contributed by atoms with E-state index in [0.29, 0.717) is 22.8 Å². The van der Waals surface area contributed by atoms with Crippen molar-refractivity contribution in [1.82, 2.24) is 10.2 Å². The lowest BCUT2D eigenvalue weighted by molar-refractivity contribution is -0.139. The second-order valence-corrected chi connectivity index (χ2v) is 11.0. The highest BCUT2D eigenvalue weighted by Crippen LogP contribution is 2.31. The zero-order valence-electron chi connectivity index (χ0n) is 21.2. The number of carbonyl (C=O) groups is 2. The molecule has 0 heterocycles. The molecule has 0 bridgehead atoms. The van der Waals surface area contributed by atoms with Crippen molar-refractivity contribution in [2.75, 3.05) is 17.4 Å². The Morgan fingerprint density at radius 1 is 0.946 bits per heavy atom. The number of halogens is 1. The predicted molar refractivity (Wildman–Crippen MR) is 147 cm³/mol. The number of anilines is 1. The summed E-state index contributed by atoms with van der Waals surface area (Å²) in [7, 11) is -4.13. The number of hydrogen-bond donors (Lipinski definition) is 1. The molecule has 0 unspecified atom stereocenters. The number of sulfonamides is 1. The highest BCUT2D eigenvalue weighted by Gasteiger charge is 2.33. The summed E-state index contributed by atoms with van der Waals surface area (Å²) >= 11 is 6.33. The molecule has 0 saturated carbocycles. The van der Waals surface area contributed by atoms with Crippen LogP contribution in [-0.2, 0) is 26.2 Å². The zero-order valence-corrected chi connectivity index (χ0v) is 22.8. The van der Waals surface area contributed by atoms with Gasteiger partial charge in [-0.1, -0.05) is 73.1 Å². The van der Waals surface area contributed by atoms with Crippen molar-refractivity contribution in [1.29, 1.82) is 0 Å². The van der Waals surface area contributed by atoms with Crippen LogP contribution in [0.2, 0.25) is 5.02 Å². The number of hydrogen-bond acceptors (Lipinski definition) is 4. The highest BCUT2D eigenvalue weighted by atomic mass is 35.5. The van der Waals surface area contributed by atoms with E-state index in [1.54, 1.807) is 50.2 Å². The second-order valence-electron chi connectivity index (χ2n) is 8.68. The molecular weight excluding hydrogens is 510 g/mol. The molecule has 2 amide bonds. The van der Waals surface area contributed by atoms with Crippen LogP contribution >= 0.6 is 11.6 Å². The van der Waals surface area contributed by atoms with E-state index in [-0.39, 0.29) is 17.3 Å². The summed E-state index contributed by atoms with van der Waals surface area (Å²) in [5.41, 5.74) is 1.65. The fraction of sp³-hybridized carbons (Fsp3) is 0.286. The van der Waals surface area contributed by atoms with Crippen molar-refractivity contribution in [3.8, 4) is 0 Å².